The standard InChI is InChI=1S/C12H11NO/c1-9-3-2-6-12-10(5-8-14-12)4-7-13-11(9)12/h2-7H,8H2,1H3. The van der Waals surface area contributed by atoms with Gasteiger partial charge in [0.15, 0.2) is 5.60 Å². The van der Waals surface area contributed by atoms with Crippen LogP contribution in [0.2, 0.25) is 0 Å². The maximum atomic E-state index is 5.82. The fourth-order valence-electron chi connectivity index (χ4n) is 2.21. The monoisotopic (exact) mass is 185 g/mol. The lowest BCUT2D eigenvalue weighted by molar-refractivity contribution is 0.113. The van der Waals surface area contributed by atoms with Gasteiger partial charge in [0, 0.05) is 6.20 Å². The van der Waals surface area contributed by atoms with E-state index in [2.05, 4.69) is 30.1 Å². The van der Waals surface area contributed by atoms with Crippen LogP contribution in [-0.2, 0) is 4.74 Å². The fourth-order valence-corrected chi connectivity index (χ4v) is 2.21. The molecule has 0 amide bonds. The van der Waals surface area contributed by atoms with E-state index in [0.717, 1.165) is 5.71 Å². The molecule has 0 saturated heterocycles. The highest BCUT2D eigenvalue weighted by atomic mass is 16.5. The van der Waals surface area contributed by atoms with Gasteiger partial charge in [-0.1, -0.05) is 18.2 Å². The van der Waals surface area contributed by atoms with Gasteiger partial charge in [0.2, 0.25) is 0 Å². The van der Waals surface area contributed by atoms with Crippen LogP contribution in [0.1, 0.15) is 6.92 Å². The zero-order valence-electron chi connectivity index (χ0n) is 8.03. The maximum absolute atomic E-state index is 5.82. The van der Waals surface area contributed by atoms with E-state index in [9.17, 15) is 0 Å². The third-order valence-electron chi connectivity index (χ3n) is 2.90. The molecule has 0 aromatic carbocycles. The molecule has 0 aromatic rings. The molecule has 2 heterocycles. The van der Waals surface area contributed by atoms with Gasteiger partial charge < -0.3 is 4.74 Å². The van der Waals surface area contributed by atoms with Gasteiger partial charge in [0.05, 0.1) is 12.3 Å². The molecule has 0 bridgehead atoms. The minimum absolute atomic E-state index is 0.367. The van der Waals surface area contributed by atoms with Crippen LogP contribution in [0.25, 0.3) is 0 Å². The first-order chi connectivity index (χ1) is 6.83. The molecular formula is C12H11NO. The maximum Gasteiger partial charge on any atom is 0.154 e. The van der Waals surface area contributed by atoms with Crippen molar-refractivity contribution >= 4 is 5.71 Å². The Bertz CT molecular complexity index is 437. The summed E-state index contributed by atoms with van der Waals surface area (Å²) in [5.74, 6) is 0. The molecular weight excluding hydrogens is 174 g/mol. The van der Waals surface area contributed by atoms with Crippen LogP contribution in [-0.4, -0.2) is 17.9 Å². The minimum Gasteiger partial charge on any atom is -0.356 e. The molecule has 3 aliphatic rings. The third kappa shape index (κ3) is 0.814. The minimum atomic E-state index is -0.367. The van der Waals surface area contributed by atoms with E-state index in [0.29, 0.717) is 6.61 Å². The SMILES string of the molecule is CC1=CC=CC23OCC=C2C=CN=C13. The van der Waals surface area contributed by atoms with Gasteiger partial charge in [-0.25, -0.2) is 0 Å². The average Bonchev–Trinajstić information content (AvgIpc) is 2.59. The molecule has 1 unspecified atom stereocenters. The van der Waals surface area contributed by atoms with Crippen LogP contribution in [0.4, 0.5) is 0 Å². The molecule has 0 N–H and O–H groups in total. The van der Waals surface area contributed by atoms with Crippen molar-refractivity contribution in [2.24, 2.45) is 4.99 Å². The normalized spacial score (nSPS) is 33.1. The first kappa shape index (κ1) is 7.94. The van der Waals surface area contributed by atoms with Crippen molar-refractivity contribution in [2.75, 3.05) is 6.61 Å². The van der Waals surface area contributed by atoms with Gasteiger partial charge in [-0.05, 0) is 30.2 Å². The van der Waals surface area contributed by atoms with E-state index in [-0.39, 0.29) is 5.60 Å². The fraction of sp³-hybridized carbons (Fsp3) is 0.250. The zero-order chi connectivity index (χ0) is 9.60. The number of ether oxygens (including phenoxy) is 1. The summed E-state index contributed by atoms with van der Waals surface area (Å²) >= 11 is 0. The smallest absolute Gasteiger partial charge is 0.154 e. The second-order valence-electron chi connectivity index (χ2n) is 3.71. The molecule has 1 spiro atoms. The summed E-state index contributed by atoms with van der Waals surface area (Å²) in [4.78, 5) is 4.42. The summed E-state index contributed by atoms with van der Waals surface area (Å²) in [7, 11) is 0. The second-order valence-corrected chi connectivity index (χ2v) is 3.71. The van der Waals surface area contributed by atoms with Crippen LogP contribution < -0.4 is 0 Å². The van der Waals surface area contributed by atoms with Crippen LogP contribution in [0.5, 0.6) is 0 Å². The number of rotatable bonds is 0. The first-order valence-corrected chi connectivity index (χ1v) is 4.79. The Morgan fingerprint density at radius 3 is 3.36 bits per heavy atom. The van der Waals surface area contributed by atoms with Crippen LogP contribution >= 0.6 is 0 Å². The number of allylic oxidation sites excluding steroid dienone is 2. The van der Waals surface area contributed by atoms with Crippen molar-refractivity contribution in [1.82, 2.24) is 0 Å². The molecule has 1 atom stereocenters. The van der Waals surface area contributed by atoms with Crippen molar-refractivity contribution in [3.63, 3.8) is 0 Å². The predicted molar refractivity (Wildman–Crippen MR) is 56.2 cm³/mol. The van der Waals surface area contributed by atoms with Crippen molar-refractivity contribution in [1.29, 1.82) is 0 Å². The number of nitrogens with zero attached hydrogens (tertiary/aromatic N) is 1. The lowest BCUT2D eigenvalue weighted by Gasteiger charge is -2.33. The summed E-state index contributed by atoms with van der Waals surface area (Å²) in [6.45, 7) is 2.75. The highest BCUT2D eigenvalue weighted by Crippen LogP contribution is 2.38. The molecule has 0 saturated carbocycles. The number of aliphatic imine (C=N–C) groups is 1. The molecule has 14 heavy (non-hydrogen) atoms. The lowest BCUT2D eigenvalue weighted by atomic mass is 9.81. The Morgan fingerprint density at radius 2 is 2.43 bits per heavy atom. The average molecular weight is 185 g/mol. The Morgan fingerprint density at radius 1 is 1.50 bits per heavy atom. The highest BCUT2D eigenvalue weighted by molar-refractivity contribution is 6.12. The number of hydrogen-bond acceptors (Lipinski definition) is 2. The van der Waals surface area contributed by atoms with E-state index < -0.39 is 0 Å². The van der Waals surface area contributed by atoms with Gasteiger partial charge in [0.25, 0.3) is 0 Å². The Labute approximate surface area is 83.0 Å². The van der Waals surface area contributed by atoms with Crippen molar-refractivity contribution in [3.05, 3.63) is 47.7 Å². The summed E-state index contributed by atoms with van der Waals surface area (Å²) in [5.41, 5.74) is 3.07. The largest absolute Gasteiger partial charge is 0.356 e. The van der Waals surface area contributed by atoms with Gasteiger partial charge in [0.1, 0.15) is 0 Å². The van der Waals surface area contributed by atoms with E-state index >= 15 is 0 Å². The molecule has 1 aliphatic carbocycles. The van der Waals surface area contributed by atoms with Crippen molar-refractivity contribution in [3.8, 4) is 0 Å². The molecule has 2 heteroatoms. The summed E-state index contributed by atoms with van der Waals surface area (Å²) < 4.78 is 5.82. The number of hydrogen-bond donors (Lipinski definition) is 0. The lowest BCUT2D eigenvalue weighted by Crippen LogP contribution is -2.41. The van der Waals surface area contributed by atoms with Crippen LogP contribution in [0.15, 0.2) is 52.7 Å². The van der Waals surface area contributed by atoms with E-state index in [1.807, 2.05) is 18.4 Å². The van der Waals surface area contributed by atoms with E-state index in [4.69, 9.17) is 4.74 Å². The first-order valence-electron chi connectivity index (χ1n) is 4.79. The highest BCUT2D eigenvalue weighted by Gasteiger charge is 2.43. The van der Waals surface area contributed by atoms with E-state index in [1.54, 1.807) is 0 Å². The zero-order valence-corrected chi connectivity index (χ0v) is 8.03. The molecule has 2 nitrogen and oxygen atoms in total. The quantitative estimate of drug-likeness (QED) is 0.566. The van der Waals surface area contributed by atoms with Gasteiger partial charge in [-0.3, -0.25) is 4.99 Å². The van der Waals surface area contributed by atoms with Crippen LogP contribution in [0.3, 0.4) is 0 Å². The predicted octanol–water partition coefficient (Wildman–Crippen LogP) is 2.17. The van der Waals surface area contributed by atoms with Crippen molar-refractivity contribution < 1.29 is 4.74 Å². The summed E-state index contributed by atoms with van der Waals surface area (Å²) in [6.07, 6.45) is 12.2. The Kier molecular flexibility index (Phi) is 1.45. The molecule has 2 aliphatic heterocycles. The van der Waals surface area contributed by atoms with Crippen LogP contribution in [0, 0.1) is 0 Å². The molecule has 3 rings (SSSR count). The topological polar surface area (TPSA) is 21.6 Å². The molecule has 70 valence electrons. The second kappa shape index (κ2) is 2.55. The molecule has 0 aromatic heterocycles. The van der Waals surface area contributed by atoms with Gasteiger partial charge in [-0.2, -0.15) is 0 Å². The Balaban J connectivity index is 2.23. The summed E-state index contributed by atoms with van der Waals surface area (Å²) in [5, 5.41) is 0. The molecule has 0 radical (unpaired) electrons. The third-order valence-corrected chi connectivity index (χ3v) is 2.90. The summed E-state index contributed by atoms with van der Waals surface area (Å²) in [6, 6.07) is 0. The van der Waals surface area contributed by atoms with Crippen molar-refractivity contribution in [2.45, 2.75) is 12.5 Å². The molecule has 0 fully saturated rings. The van der Waals surface area contributed by atoms with Gasteiger partial charge in [-0.15, -0.1) is 0 Å². The van der Waals surface area contributed by atoms with E-state index in [1.165, 1.54) is 11.1 Å². The van der Waals surface area contributed by atoms with Gasteiger partial charge >= 0.3 is 0 Å². The Hall–Kier alpha value is -1.41.